The third kappa shape index (κ3) is 48.5. The minimum absolute atomic E-state index is 0.0372. The minimum Gasteiger partial charge on any atom is -0.462 e. The van der Waals surface area contributed by atoms with Crippen molar-refractivity contribution >= 4 is 19.8 Å². The molecule has 0 aliphatic carbocycles. The van der Waals surface area contributed by atoms with Crippen LogP contribution in [0.3, 0.4) is 0 Å². The number of carbonyl (C=O) groups is 2. The van der Waals surface area contributed by atoms with Gasteiger partial charge in [0.25, 0.3) is 0 Å². The Bertz CT molecular complexity index is 1020. The number of phosphoric ester groups is 1. The minimum atomic E-state index is -4.37. The molecule has 0 radical (unpaired) electrons. The summed E-state index contributed by atoms with van der Waals surface area (Å²) in [5, 5.41) is 0. The fraction of sp³-hybridized carbons (Fsp3) is 0.962. The molecule has 0 aliphatic heterocycles. The van der Waals surface area contributed by atoms with Crippen LogP contribution in [0.25, 0.3) is 0 Å². The van der Waals surface area contributed by atoms with Crippen molar-refractivity contribution in [3.63, 3.8) is 0 Å². The van der Waals surface area contributed by atoms with Gasteiger partial charge < -0.3 is 18.9 Å². The van der Waals surface area contributed by atoms with Crippen LogP contribution in [0.2, 0.25) is 0 Å². The van der Waals surface area contributed by atoms with E-state index in [4.69, 9.17) is 18.5 Å². The van der Waals surface area contributed by atoms with Crippen LogP contribution in [0, 0.1) is 0 Å². The number of esters is 2. The van der Waals surface area contributed by atoms with Crippen molar-refractivity contribution < 1.29 is 42.1 Å². The molecule has 0 aromatic carbocycles. The Morgan fingerprint density at radius 1 is 0.435 bits per heavy atom. The zero-order valence-corrected chi connectivity index (χ0v) is 42.8. The number of rotatable bonds is 50. The van der Waals surface area contributed by atoms with Crippen molar-refractivity contribution in [2.75, 3.05) is 47.5 Å². The van der Waals surface area contributed by atoms with Crippen molar-refractivity contribution in [2.45, 2.75) is 277 Å². The Balaban J connectivity index is 4.14. The summed E-state index contributed by atoms with van der Waals surface area (Å²) >= 11 is 0. The van der Waals surface area contributed by atoms with Crippen molar-refractivity contribution in [1.82, 2.24) is 0 Å². The van der Waals surface area contributed by atoms with Crippen LogP contribution in [0.5, 0.6) is 0 Å². The standard InChI is InChI=1S/C52H104NO8P/c1-6-8-10-12-14-16-18-20-22-23-24-25-26-27-28-29-31-33-35-37-39-41-43-45-52(55)61-50(49-60-62(56,57)59-47-46-53(3,4)5)48-58-51(54)44-42-40-38-36-34-32-30-21-19-17-15-13-11-9-7-2/h50H,6-49H2,1-5H3/p+1/t50-/m1/s1. The van der Waals surface area contributed by atoms with Gasteiger partial charge in [0.05, 0.1) is 27.7 Å². The number of unbranched alkanes of at least 4 members (excludes halogenated alkanes) is 36. The second-order valence-electron chi connectivity index (χ2n) is 19.6. The molecule has 0 aliphatic rings. The maximum atomic E-state index is 12.8. The number of hydrogen-bond donors (Lipinski definition) is 1. The molecule has 1 unspecified atom stereocenters. The van der Waals surface area contributed by atoms with Crippen molar-refractivity contribution in [2.24, 2.45) is 0 Å². The molecular weight excluding hydrogens is 798 g/mol. The predicted molar refractivity (Wildman–Crippen MR) is 261 cm³/mol. The van der Waals surface area contributed by atoms with Crippen LogP contribution in [0.4, 0.5) is 0 Å². The quantitative estimate of drug-likeness (QED) is 0.0278. The lowest BCUT2D eigenvalue weighted by atomic mass is 10.0. The molecule has 0 saturated heterocycles. The molecule has 1 N–H and O–H groups in total. The Labute approximate surface area is 384 Å². The highest BCUT2D eigenvalue weighted by atomic mass is 31.2. The van der Waals surface area contributed by atoms with Gasteiger partial charge in [-0.1, -0.05) is 245 Å². The van der Waals surface area contributed by atoms with E-state index in [9.17, 15) is 19.0 Å². The molecule has 2 atom stereocenters. The summed E-state index contributed by atoms with van der Waals surface area (Å²) in [6.45, 7) is 4.49. The molecule has 0 saturated carbocycles. The molecule has 9 nitrogen and oxygen atoms in total. The maximum absolute atomic E-state index is 12.8. The summed E-state index contributed by atoms with van der Waals surface area (Å²) in [6, 6.07) is 0. The second-order valence-corrected chi connectivity index (χ2v) is 21.1. The molecule has 0 bridgehead atoms. The van der Waals surface area contributed by atoms with Gasteiger partial charge >= 0.3 is 19.8 Å². The smallest absolute Gasteiger partial charge is 0.462 e. The molecule has 0 heterocycles. The number of ether oxygens (including phenoxy) is 2. The normalized spacial score (nSPS) is 13.3. The van der Waals surface area contributed by atoms with Crippen molar-refractivity contribution in [3.05, 3.63) is 0 Å². The summed E-state index contributed by atoms with van der Waals surface area (Å²) in [6.07, 6.45) is 48.7. The molecule has 0 fully saturated rings. The first-order valence-corrected chi connectivity index (χ1v) is 28.3. The van der Waals surface area contributed by atoms with Gasteiger partial charge in [0, 0.05) is 12.8 Å². The second kappa shape index (κ2) is 45.2. The lowest BCUT2D eigenvalue weighted by molar-refractivity contribution is -0.870. The fourth-order valence-corrected chi connectivity index (χ4v) is 8.70. The van der Waals surface area contributed by atoms with E-state index in [0.29, 0.717) is 17.4 Å². The molecule has 0 amide bonds. The van der Waals surface area contributed by atoms with Gasteiger partial charge in [-0.2, -0.15) is 0 Å². The topological polar surface area (TPSA) is 108 Å². The third-order valence-corrected chi connectivity index (χ3v) is 13.1. The van der Waals surface area contributed by atoms with Crippen molar-refractivity contribution in [1.29, 1.82) is 0 Å². The number of hydrogen-bond acceptors (Lipinski definition) is 7. The van der Waals surface area contributed by atoms with Gasteiger partial charge in [0.15, 0.2) is 6.10 Å². The number of carbonyl (C=O) groups excluding carboxylic acids is 2. The van der Waals surface area contributed by atoms with E-state index in [-0.39, 0.29) is 25.6 Å². The van der Waals surface area contributed by atoms with Crippen LogP contribution >= 0.6 is 7.82 Å². The van der Waals surface area contributed by atoms with Crippen molar-refractivity contribution in [3.8, 4) is 0 Å². The molecule has 370 valence electrons. The van der Waals surface area contributed by atoms with E-state index in [1.54, 1.807) is 0 Å². The van der Waals surface area contributed by atoms with Gasteiger partial charge in [-0.15, -0.1) is 0 Å². The SMILES string of the molecule is CCCCCCCCCCCCCCCCCCCCCCCCCC(=O)O[C@H](COC(=O)CCCCCCCCCCCCCCCCC)COP(=O)(O)OCC[N+](C)(C)C. The summed E-state index contributed by atoms with van der Waals surface area (Å²) in [5.41, 5.74) is 0. The van der Waals surface area contributed by atoms with E-state index in [1.807, 2.05) is 21.1 Å². The Hall–Kier alpha value is -0.990. The first-order chi connectivity index (χ1) is 30.0. The molecule has 0 aromatic heterocycles. The average molecular weight is 903 g/mol. The Morgan fingerprint density at radius 2 is 0.726 bits per heavy atom. The highest BCUT2D eigenvalue weighted by Gasteiger charge is 2.27. The zero-order chi connectivity index (χ0) is 45.7. The molecule has 0 aromatic rings. The van der Waals surface area contributed by atoms with E-state index in [1.165, 1.54) is 205 Å². The molecule has 62 heavy (non-hydrogen) atoms. The molecular formula is C52H105NO8P+. The number of quaternary nitrogens is 1. The van der Waals surface area contributed by atoms with E-state index < -0.39 is 26.5 Å². The summed E-state index contributed by atoms with van der Waals surface area (Å²) in [4.78, 5) is 35.5. The van der Waals surface area contributed by atoms with Crippen LogP contribution in [-0.4, -0.2) is 74.9 Å². The Morgan fingerprint density at radius 3 is 1.03 bits per heavy atom. The average Bonchev–Trinajstić information content (AvgIpc) is 3.23. The summed E-state index contributed by atoms with van der Waals surface area (Å²) in [5.74, 6) is -0.777. The van der Waals surface area contributed by atoms with Gasteiger partial charge in [-0.3, -0.25) is 18.6 Å². The fourth-order valence-electron chi connectivity index (χ4n) is 7.96. The lowest BCUT2D eigenvalue weighted by Gasteiger charge is -2.24. The third-order valence-electron chi connectivity index (χ3n) is 12.1. The van der Waals surface area contributed by atoms with E-state index in [0.717, 1.165) is 38.5 Å². The highest BCUT2D eigenvalue weighted by molar-refractivity contribution is 7.47. The number of phosphoric acid groups is 1. The molecule has 0 spiro atoms. The Kier molecular flexibility index (Phi) is 44.5. The van der Waals surface area contributed by atoms with Gasteiger partial charge in [0.2, 0.25) is 0 Å². The number of nitrogens with zero attached hydrogens (tertiary/aromatic N) is 1. The van der Waals surface area contributed by atoms with Gasteiger partial charge in [-0.05, 0) is 12.8 Å². The summed E-state index contributed by atoms with van der Waals surface area (Å²) in [7, 11) is 1.50. The molecule has 10 heteroatoms. The first-order valence-electron chi connectivity index (χ1n) is 26.8. The largest absolute Gasteiger partial charge is 0.472 e. The first kappa shape index (κ1) is 61.0. The predicted octanol–water partition coefficient (Wildman–Crippen LogP) is 15.9. The number of likely N-dealkylation sites (N-methyl/N-ethyl adjacent to an activating group) is 1. The van der Waals surface area contributed by atoms with Crippen LogP contribution in [0.1, 0.15) is 271 Å². The lowest BCUT2D eigenvalue weighted by Crippen LogP contribution is -2.37. The van der Waals surface area contributed by atoms with Crippen LogP contribution in [-0.2, 0) is 32.7 Å². The van der Waals surface area contributed by atoms with Gasteiger partial charge in [0.1, 0.15) is 19.8 Å². The molecule has 0 rings (SSSR count). The van der Waals surface area contributed by atoms with Crippen LogP contribution in [0.15, 0.2) is 0 Å². The van der Waals surface area contributed by atoms with E-state index >= 15 is 0 Å². The summed E-state index contributed by atoms with van der Waals surface area (Å²) < 4.78 is 34.5. The zero-order valence-electron chi connectivity index (χ0n) is 41.9. The maximum Gasteiger partial charge on any atom is 0.472 e. The highest BCUT2D eigenvalue weighted by Crippen LogP contribution is 2.43. The van der Waals surface area contributed by atoms with E-state index in [2.05, 4.69) is 13.8 Å². The monoisotopic (exact) mass is 903 g/mol. The van der Waals surface area contributed by atoms with Crippen LogP contribution < -0.4 is 0 Å². The van der Waals surface area contributed by atoms with Gasteiger partial charge in [-0.25, -0.2) is 4.57 Å².